The van der Waals surface area contributed by atoms with Gasteiger partial charge in [0.2, 0.25) is 5.91 Å². The van der Waals surface area contributed by atoms with Crippen LogP contribution in [0.5, 0.6) is 0 Å². The van der Waals surface area contributed by atoms with Crippen molar-refractivity contribution in [2.75, 3.05) is 13.1 Å². The molecule has 4 heteroatoms. The molecule has 0 bridgehead atoms. The number of hydrogen-bond donors (Lipinski definition) is 0. The van der Waals surface area contributed by atoms with Gasteiger partial charge in [0, 0.05) is 31.7 Å². The van der Waals surface area contributed by atoms with Crippen LogP contribution in [0.4, 0.5) is 0 Å². The highest BCUT2D eigenvalue weighted by atomic mass is 16.2. The van der Waals surface area contributed by atoms with E-state index in [0.29, 0.717) is 12.3 Å². The quantitative estimate of drug-likeness (QED) is 0.851. The van der Waals surface area contributed by atoms with Gasteiger partial charge in [-0.3, -0.25) is 9.48 Å². The lowest BCUT2D eigenvalue weighted by molar-refractivity contribution is -0.129. The van der Waals surface area contributed by atoms with E-state index in [0.717, 1.165) is 38.0 Å². The molecule has 0 spiro atoms. The standard InChI is InChI=1S/C19H25N3O/c1-3-15-5-7-17(8-6-15)18-9-10-21(14-18)19(23)11-16-12-20-22(4-2)13-16/h5-8,12-13,18H,3-4,9-11,14H2,1-2H3. The van der Waals surface area contributed by atoms with E-state index in [4.69, 9.17) is 0 Å². The van der Waals surface area contributed by atoms with Crippen LogP contribution in [0.15, 0.2) is 36.7 Å². The summed E-state index contributed by atoms with van der Waals surface area (Å²) in [6, 6.07) is 8.86. The largest absolute Gasteiger partial charge is 0.342 e. The number of rotatable bonds is 5. The van der Waals surface area contributed by atoms with Crippen molar-refractivity contribution in [3.8, 4) is 0 Å². The molecule has 1 aromatic heterocycles. The zero-order valence-corrected chi connectivity index (χ0v) is 14.0. The molecule has 1 atom stereocenters. The average molecular weight is 311 g/mol. The molecule has 23 heavy (non-hydrogen) atoms. The first-order valence-electron chi connectivity index (χ1n) is 8.57. The molecule has 1 aliphatic rings. The molecule has 2 aromatic rings. The monoisotopic (exact) mass is 311 g/mol. The molecule has 0 saturated carbocycles. The molecule has 1 amide bonds. The highest BCUT2D eigenvalue weighted by molar-refractivity contribution is 5.79. The van der Waals surface area contributed by atoms with Crippen molar-refractivity contribution < 1.29 is 4.79 Å². The SMILES string of the molecule is CCc1ccc(C2CCN(C(=O)Cc3cnn(CC)c3)C2)cc1. The highest BCUT2D eigenvalue weighted by Gasteiger charge is 2.27. The number of hydrogen-bond acceptors (Lipinski definition) is 2. The van der Waals surface area contributed by atoms with Gasteiger partial charge in [0.25, 0.3) is 0 Å². The predicted octanol–water partition coefficient (Wildman–Crippen LogP) is 3.02. The predicted molar refractivity (Wildman–Crippen MR) is 91.4 cm³/mol. The fourth-order valence-corrected chi connectivity index (χ4v) is 3.24. The van der Waals surface area contributed by atoms with Gasteiger partial charge in [-0.15, -0.1) is 0 Å². The second-order valence-corrected chi connectivity index (χ2v) is 6.30. The number of carbonyl (C=O) groups is 1. The van der Waals surface area contributed by atoms with Crippen molar-refractivity contribution in [1.82, 2.24) is 14.7 Å². The van der Waals surface area contributed by atoms with Crippen molar-refractivity contribution in [1.29, 1.82) is 0 Å². The number of likely N-dealkylation sites (tertiary alicyclic amines) is 1. The number of nitrogens with zero attached hydrogens (tertiary/aromatic N) is 3. The lowest BCUT2D eigenvalue weighted by atomic mass is 9.97. The van der Waals surface area contributed by atoms with Gasteiger partial charge in [-0.05, 0) is 36.5 Å². The first-order chi connectivity index (χ1) is 11.2. The third-order valence-electron chi connectivity index (χ3n) is 4.77. The molecule has 0 radical (unpaired) electrons. The Balaban J connectivity index is 1.58. The summed E-state index contributed by atoms with van der Waals surface area (Å²) < 4.78 is 1.87. The van der Waals surface area contributed by atoms with Gasteiger partial charge in [-0.2, -0.15) is 5.10 Å². The van der Waals surface area contributed by atoms with Gasteiger partial charge < -0.3 is 4.90 Å². The molecule has 2 heterocycles. The minimum Gasteiger partial charge on any atom is -0.342 e. The number of benzene rings is 1. The van der Waals surface area contributed by atoms with Crippen LogP contribution < -0.4 is 0 Å². The summed E-state index contributed by atoms with van der Waals surface area (Å²) in [5.41, 5.74) is 3.73. The first kappa shape index (κ1) is 15.8. The molecule has 1 saturated heterocycles. The third kappa shape index (κ3) is 3.63. The molecule has 1 unspecified atom stereocenters. The Morgan fingerprint density at radius 1 is 1.22 bits per heavy atom. The van der Waals surface area contributed by atoms with Crippen LogP contribution in [0.3, 0.4) is 0 Å². The maximum absolute atomic E-state index is 12.5. The van der Waals surface area contributed by atoms with Gasteiger partial charge in [-0.25, -0.2) is 0 Å². The molecule has 0 aliphatic carbocycles. The Bertz CT molecular complexity index is 660. The molecule has 1 aliphatic heterocycles. The Kier molecular flexibility index (Phi) is 4.79. The summed E-state index contributed by atoms with van der Waals surface area (Å²) in [6.07, 6.45) is 6.36. The van der Waals surface area contributed by atoms with Crippen molar-refractivity contribution in [3.63, 3.8) is 0 Å². The maximum Gasteiger partial charge on any atom is 0.227 e. The number of amides is 1. The Labute approximate surface area is 138 Å². The molecular formula is C19H25N3O. The molecule has 0 N–H and O–H groups in total. The van der Waals surface area contributed by atoms with Gasteiger partial charge in [0.1, 0.15) is 0 Å². The highest BCUT2D eigenvalue weighted by Crippen LogP contribution is 2.27. The van der Waals surface area contributed by atoms with E-state index in [1.165, 1.54) is 11.1 Å². The van der Waals surface area contributed by atoms with Crippen molar-refractivity contribution in [2.45, 2.75) is 45.6 Å². The minimum absolute atomic E-state index is 0.216. The lowest BCUT2D eigenvalue weighted by Gasteiger charge is -2.16. The van der Waals surface area contributed by atoms with Crippen LogP contribution in [0.1, 0.15) is 42.9 Å². The smallest absolute Gasteiger partial charge is 0.227 e. The molecule has 1 aromatic carbocycles. The second-order valence-electron chi connectivity index (χ2n) is 6.30. The lowest BCUT2D eigenvalue weighted by Crippen LogP contribution is -2.29. The van der Waals surface area contributed by atoms with Gasteiger partial charge in [-0.1, -0.05) is 31.2 Å². The van der Waals surface area contributed by atoms with Crippen LogP contribution in [0.25, 0.3) is 0 Å². The zero-order chi connectivity index (χ0) is 16.2. The number of aromatic nitrogens is 2. The summed E-state index contributed by atoms with van der Waals surface area (Å²) >= 11 is 0. The fourth-order valence-electron chi connectivity index (χ4n) is 3.24. The van der Waals surface area contributed by atoms with Crippen LogP contribution in [-0.4, -0.2) is 33.7 Å². The summed E-state index contributed by atoms with van der Waals surface area (Å²) in [4.78, 5) is 14.5. The van der Waals surface area contributed by atoms with Crippen molar-refractivity contribution in [3.05, 3.63) is 53.3 Å². The zero-order valence-electron chi connectivity index (χ0n) is 14.0. The van der Waals surface area contributed by atoms with Crippen LogP contribution >= 0.6 is 0 Å². The van der Waals surface area contributed by atoms with Crippen molar-refractivity contribution in [2.24, 2.45) is 0 Å². The van der Waals surface area contributed by atoms with Crippen LogP contribution in [0, 0.1) is 0 Å². The summed E-state index contributed by atoms with van der Waals surface area (Å²) in [5, 5.41) is 4.24. The summed E-state index contributed by atoms with van der Waals surface area (Å²) in [7, 11) is 0. The fraction of sp³-hybridized carbons (Fsp3) is 0.474. The Morgan fingerprint density at radius 3 is 2.65 bits per heavy atom. The van der Waals surface area contributed by atoms with E-state index < -0.39 is 0 Å². The van der Waals surface area contributed by atoms with E-state index in [2.05, 4.69) is 36.3 Å². The second kappa shape index (κ2) is 6.99. The summed E-state index contributed by atoms with van der Waals surface area (Å²) in [5.74, 6) is 0.691. The van der Waals surface area contributed by atoms with E-state index in [1.807, 2.05) is 22.7 Å². The van der Waals surface area contributed by atoms with Gasteiger partial charge >= 0.3 is 0 Å². The topological polar surface area (TPSA) is 38.1 Å². The van der Waals surface area contributed by atoms with E-state index in [1.54, 1.807) is 6.20 Å². The normalized spacial score (nSPS) is 17.7. The molecule has 1 fully saturated rings. The molecule has 122 valence electrons. The number of aryl methyl sites for hydroxylation is 2. The van der Waals surface area contributed by atoms with E-state index in [9.17, 15) is 4.79 Å². The molecule has 3 rings (SSSR count). The first-order valence-corrected chi connectivity index (χ1v) is 8.57. The van der Waals surface area contributed by atoms with Gasteiger partial charge in [0.15, 0.2) is 0 Å². The molecular weight excluding hydrogens is 286 g/mol. The Morgan fingerprint density at radius 2 is 2.00 bits per heavy atom. The average Bonchev–Trinajstić information content (AvgIpc) is 3.24. The molecule has 4 nitrogen and oxygen atoms in total. The van der Waals surface area contributed by atoms with Gasteiger partial charge in [0.05, 0.1) is 12.6 Å². The van der Waals surface area contributed by atoms with E-state index in [-0.39, 0.29) is 5.91 Å². The maximum atomic E-state index is 12.5. The van der Waals surface area contributed by atoms with Crippen LogP contribution in [-0.2, 0) is 24.2 Å². The third-order valence-corrected chi connectivity index (χ3v) is 4.77. The Hall–Kier alpha value is -2.10. The van der Waals surface area contributed by atoms with Crippen molar-refractivity contribution >= 4 is 5.91 Å². The van der Waals surface area contributed by atoms with Crippen LogP contribution in [0.2, 0.25) is 0 Å². The minimum atomic E-state index is 0.216. The van der Waals surface area contributed by atoms with E-state index >= 15 is 0 Å². The summed E-state index contributed by atoms with van der Waals surface area (Å²) in [6.45, 7) is 6.76. The number of carbonyl (C=O) groups excluding carboxylic acids is 1.